The Morgan fingerprint density at radius 1 is 1.12 bits per heavy atom. The standard InChI is InChI=1S/C19H22N4O2/c1-14-12-17-18(25-11-10-24-17)13-16(14)19-20-6-9-23(19)15(2)4-8-22-7-3-5-21-22/h3,5-7,9,12-13,15H,4,8,10-11H2,1-2H3/t15-/m0/s1. The summed E-state index contributed by atoms with van der Waals surface area (Å²) in [6.45, 7) is 6.37. The van der Waals surface area contributed by atoms with Crippen LogP contribution in [-0.4, -0.2) is 32.5 Å². The van der Waals surface area contributed by atoms with Crippen molar-refractivity contribution in [1.29, 1.82) is 0 Å². The second kappa shape index (κ2) is 6.63. The predicted octanol–water partition coefficient (Wildman–Crippen LogP) is 3.48. The molecule has 130 valence electrons. The zero-order valence-corrected chi connectivity index (χ0v) is 14.6. The maximum atomic E-state index is 5.74. The van der Waals surface area contributed by atoms with Crippen molar-refractivity contribution in [3.8, 4) is 22.9 Å². The summed E-state index contributed by atoms with van der Waals surface area (Å²) in [7, 11) is 0. The predicted molar refractivity (Wildman–Crippen MR) is 94.9 cm³/mol. The van der Waals surface area contributed by atoms with Crippen LogP contribution in [0.15, 0.2) is 43.0 Å². The minimum absolute atomic E-state index is 0.314. The molecule has 1 aliphatic heterocycles. The summed E-state index contributed by atoms with van der Waals surface area (Å²) in [5, 5.41) is 4.27. The second-order valence-corrected chi connectivity index (χ2v) is 6.38. The first-order chi connectivity index (χ1) is 12.2. The van der Waals surface area contributed by atoms with Gasteiger partial charge in [0, 0.05) is 42.9 Å². The average Bonchev–Trinajstić information content (AvgIpc) is 3.30. The Morgan fingerprint density at radius 2 is 1.92 bits per heavy atom. The molecule has 0 amide bonds. The van der Waals surface area contributed by atoms with E-state index in [9.17, 15) is 0 Å². The summed E-state index contributed by atoms with van der Waals surface area (Å²) in [6, 6.07) is 6.35. The lowest BCUT2D eigenvalue weighted by Crippen LogP contribution is -2.16. The average molecular weight is 338 g/mol. The molecule has 6 heteroatoms. The minimum atomic E-state index is 0.314. The van der Waals surface area contributed by atoms with Crippen molar-refractivity contribution in [2.24, 2.45) is 0 Å². The third-order valence-electron chi connectivity index (χ3n) is 4.61. The summed E-state index contributed by atoms with van der Waals surface area (Å²) < 4.78 is 15.6. The van der Waals surface area contributed by atoms with Gasteiger partial charge in [0.2, 0.25) is 0 Å². The molecule has 0 N–H and O–H groups in total. The van der Waals surface area contributed by atoms with Crippen molar-refractivity contribution in [2.45, 2.75) is 32.9 Å². The van der Waals surface area contributed by atoms with E-state index in [1.165, 1.54) is 0 Å². The molecule has 0 radical (unpaired) electrons. The van der Waals surface area contributed by atoms with Gasteiger partial charge in [-0.1, -0.05) is 0 Å². The van der Waals surface area contributed by atoms with Gasteiger partial charge in [0.25, 0.3) is 0 Å². The number of nitrogens with zero attached hydrogens (tertiary/aromatic N) is 4. The van der Waals surface area contributed by atoms with Crippen molar-refractivity contribution in [3.63, 3.8) is 0 Å². The van der Waals surface area contributed by atoms with Crippen molar-refractivity contribution >= 4 is 0 Å². The highest BCUT2D eigenvalue weighted by atomic mass is 16.6. The van der Waals surface area contributed by atoms with Crippen LogP contribution in [0.4, 0.5) is 0 Å². The number of aryl methyl sites for hydroxylation is 2. The molecule has 0 aliphatic carbocycles. The van der Waals surface area contributed by atoms with E-state index in [2.05, 4.69) is 28.5 Å². The number of hydrogen-bond donors (Lipinski definition) is 0. The van der Waals surface area contributed by atoms with Gasteiger partial charge in [0.1, 0.15) is 19.0 Å². The fourth-order valence-corrected chi connectivity index (χ4v) is 3.20. The first-order valence-electron chi connectivity index (χ1n) is 8.63. The lowest BCUT2D eigenvalue weighted by atomic mass is 10.1. The Hall–Kier alpha value is -2.76. The van der Waals surface area contributed by atoms with Crippen molar-refractivity contribution in [2.75, 3.05) is 13.2 Å². The summed E-state index contributed by atoms with van der Waals surface area (Å²) in [5.74, 6) is 2.57. The molecule has 0 unspecified atom stereocenters. The molecule has 1 atom stereocenters. The number of imidazole rings is 1. The van der Waals surface area contributed by atoms with Crippen LogP contribution < -0.4 is 9.47 Å². The Kier molecular flexibility index (Phi) is 4.17. The molecule has 25 heavy (non-hydrogen) atoms. The van der Waals surface area contributed by atoms with Crippen molar-refractivity contribution in [1.82, 2.24) is 19.3 Å². The van der Waals surface area contributed by atoms with Crippen LogP contribution in [0.25, 0.3) is 11.4 Å². The molecule has 3 aromatic rings. The van der Waals surface area contributed by atoms with Gasteiger partial charge in [-0.15, -0.1) is 0 Å². The first-order valence-corrected chi connectivity index (χ1v) is 8.63. The van der Waals surface area contributed by atoms with Gasteiger partial charge >= 0.3 is 0 Å². The van der Waals surface area contributed by atoms with Gasteiger partial charge in [0.15, 0.2) is 11.5 Å². The van der Waals surface area contributed by atoms with Gasteiger partial charge in [0.05, 0.1) is 0 Å². The summed E-state index contributed by atoms with van der Waals surface area (Å²) >= 11 is 0. The van der Waals surface area contributed by atoms with Crippen molar-refractivity contribution in [3.05, 3.63) is 48.5 Å². The molecule has 4 rings (SSSR count). The van der Waals surface area contributed by atoms with Gasteiger partial charge in [-0.3, -0.25) is 4.68 Å². The molecule has 6 nitrogen and oxygen atoms in total. The van der Waals surface area contributed by atoms with E-state index in [0.29, 0.717) is 19.3 Å². The number of fused-ring (bicyclic) bond motifs is 1. The van der Waals surface area contributed by atoms with E-state index >= 15 is 0 Å². The van der Waals surface area contributed by atoms with Gasteiger partial charge < -0.3 is 14.0 Å². The van der Waals surface area contributed by atoms with E-state index in [1.807, 2.05) is 47.7 Å². The molecule has 0 fully saturated rings. The molecule has 2 aromatic heterocycles. The molecule has 0 bridgehead atoms. The van der Waals surface area contributed by atoms with Crippen LogP contribution in [0, 0.1) is 6.92 Å². The van der Waals surface area contributed by atoms with Crippen LogP contribution in [0.2, 0.25) is 0 Å². The fourth-order valence-electron chi connectivity index (χ4n) is 3.20. The molecular weight excluding hydrogens is 316 g/mol. The highest BCUT2D eigenvalue weighted by Crippen LogP contribution is 2.37. The maximum absolute atomic E-state index is 5.74. The summed E-state index contributed by atoms with van der Waals surface area (Å²) in [4.78, 5) is 4.61. The third-order valence-corrected chi connectivity index (χ3v) is 4.61. The fraction of sp³-hybridized carbons (Fsp3) is 0.368. The van der Waals surface area contributed by atoms with Crippen molar-refractivity contribution < 1.29 is 9.47 Å². The monoisotopic (exact) mass is 338 g/mol. The van der Waals surface area contributed by atoms with Gasteiger partial charge in [-0.05, 0) is 44.0 Å². The normalized spacial score (nSPS) is 14.5. The largest absolute Gasteiger partial charge is 0.486 e. The maximum Gasteiger partial charge on any atom is 0.162 e. The Balaban J connectivity index is 1.60. The second-order valence-electron chi connectivity index (χ2n) is 6.38. The third kappa shape index (κ3) is 3.12. The zero-order chi connectivity index (χ0) is 17.2. The molecular formula is C19H22N4O2. The highest BCUT2D eigenvalue weighted by molar-refractivity contribution is 5.66. The molecule has 1 aliphatic rings. The SMILES string of the molecule is Cc1cc2c(cc1-c1nccn1[C@@H](C)CCn1cccn1)OCCO2. The van der Waals surface area contributed by atoms with Crippen LogP contribution in [-0.2, 0) is 6.54 Å². The zero-order valence-electron chi connectivity index (χ0n) is 14.6. The highest BCUT2D eigenvalue weighted by Gasteiger charge is 2.19. The van der Waals surface area contributed by atoms with Crippen LogP contribution in [0.3, 0.4) is 0 Å². The lowest BCUT2D eigenvalue weighted by molar-refractivity contribution is 0.171. The first kappa shape index (κ1) is 15.7. The molecule has 0 spiro atoms. The minimum Gasteiger partial charge on any atom is -0.486 e. The quantitative estimate of drug-likeness (QED) is 0.715. The Bertz CT molecular complexity index is 854. The number of rotatable bonds is 5. The van der Waals surface area contributed by atoms with Crippen LogP contribution >= 0.6 is 0 Å². The van der Waals surface area contributed by atoms with E-state index in [4.69, 9.17) is 9.47 Å². The van der Waals surface area contributed by atoms with E-state index in [0.717, 1.165) is 41.4 Å². The van der Waals surface area contributed by atoms with E-state index in [1.54, 1.807) is 0 Å². The molecule has 0 saturated heterocycles. The summed E-state index contributed by atoms with van der Waals surface area (Å²) in [6.07, 6.45) is 8.68. The van der Waals surface area contributed by atoms with Crippen LogP contribution in [0.1, 0.15) is 24.9 Å². The topological polar surface area (TPSA) is 54.1 Å². The van der Waals surface area contributed by atoms with Crippen LogP contribution in [0.5, 0.6) is 11.5 Å². The molecule has 3 heterocycles. The van der Waals surface area contributed by atoms with E-state index < -0.39 is 0 Å². The van der Waals surface area contributed by atoms with Gasteiger partial charge in [-0.2, -0.15) is 5.10 Å². The lowest BCUT2D eigenvalue weighted by Gasteiger charge is -2.21. The number of aromatic nitrogens is 4. The number of benzene rings is 1. The molecule has 0 saturated carbocycles. The Labute approximate surface area is 147 Å². The Morgan fingerprint density at radius 3 is 2.68 bits per heavy atom. The molecule has 1 aromatic carbocycles. The number of ether oxygens (including phenoxy) is 2. The van der Waals surface area contributed by atoms with Gasteiger partial charge in [-0.25, -0.2) is 4.98 Å². The van der Waals surface area contributed by atoms with E-state index in [-0.39, 0.29) is 0 Å². The smallest absolute Gasteiger partial charge is 0.162 e. The summed E-state index contributed by atoms with van der Waals surface area (Å²) in [5.41, 5.74) is 2.22. The number of hydrogen-bond acceptors (Lipinski definition) is 4.